The normalized spacial score (nSPS) is 14.1. The molecule has 1 atom stereocenters. The van der Waals surface area contributed by atoms with E-state index in [0.717, 1.165) is 0 Å². The Labute approximate surface area is 134 Å². The first-order valence-electron chi connectivity index (χ1n) is 7.30. The predicted molar refractivity (Wildman–Crippen MR) is 78.0 cm³/mol. The SMILES string of the molecule is CCC(CO)(CO)COCC(CC)(CO)COC(=O)OC(=O)O. The average Bonchev–Trinajstić information content (AvgIpc) is 2.55. The van der Waals surface area contributed by atoms with Gasteiger partial charge in [-0.25, -0.2) is 9.59 Å². The molecule has 136 valence electrons. The summed E-state index contributed by atoms with van der Waals surface area (Å²) < 4.78 is 14.0. The number of aliphatic hydroxyl groups is 3. The van der Waals surface area contributed by atoms with E-state index in [9.17, 15) is 24.9 Å². The summed E-state index contributed by atoms with van der Waals surface area (Å²) in [4.78, 5) is 21.3. The van der Waals surface area contributed by atoms with Gasteiger partial charge in [0.05, 0.1) is 38.4 Å². The Morgan fingerprint density at radius 1 is 0.870 bits per heavy atom. The minimum Gasteiger partial charge on any atom is -0.449 e. The van der Waals surface area contributed by atoms with Crippen molar-refractivity contribution in [2.24, 2.45) is 10.8 Å². The second kappa shape index (κ2) is 10.4. The van der Waals surface area contributed by atoms with Crippen molar-refractivity contribution in [3.05, 3.63) is 0 Å². The lowest BCUT2D eigenvalue weighted by Gasteiger charge is -2.33. The number of carboxylic acid groups (broad SMARTS) is 1. The van der Waals surface area contributed by atoms with E-state index in [0.29, 0.717) is 12.8 Å². The first kappa shape index (κ1) is 21.6. The van der Waals surface area contributed by atoms with Crippen LogP contribution in [0.25, 0.3) is 0 Å². The van der Waals surface area contributed by atoms with Gasteiger partial charge in [0, 0.05) is 5.41 Å². The smallest absolute Gasteiger partial charge is 0.449 e. The van der Waals surface area contributed by atoms with Crippen LogP contribution < -0.4 is 0 Å². The van der Waals surface area contributed by atoms with Crippen molar-refractivity contribution in [2.45, 2.75) is 26.7 Å². The lowest BCUT2D eigenvalue weighted by molar-refractivity contribution is -0.0828. The van der Waals surface area contributed by atoms with Crippen LogP contribution in [0.3, 0.4) is 0 Å². The van der Waals surface area contributed by atoms with Crippen molar-refractivity contribution in [2.75, 3.05) is 39.6 Å². The molecule has 0 aliphatic carbocycles. The maximum Gasteiger partial charge on any atom is 0.518 e. The molecule has 0 bridgehead atoms. The number of hydrogen-bond donors (Lipinski definition) is 4. The second-order valence-electron chi connectivity index (χ2n) is 5.58. The lowest BCUT2D eigenvalue weighted by atomic mass is 9.86. The minimum atomic E-state index is -1.78. The Hall–Kier alpha value is -1.42. The summed E-state index contributed by atoms with van der Waals surface area (Å²) in [6.07, 6.45) is -2.27. The van der Waals surface area contributed by atoms with Crippen LogP contribution in [0.5, 0.6) is 0 Å². The molecule has 0 aliphatic rings. The monoisotopic (exact) mass is 338 g/mol. The van der Waals surface area contributed by atoms with E-state index in [1.165, 1.54) is 0 Å². The highest BCUT2D eigenvalue weighted by molar-refractivity contribution is 5.75. The largest absolute Gasteiger partial charge is 0.518 e. The molecule has 0 amide bonds. The van der Waals surface area contributed by atoms with Crippen LogP contribution in [-0.2, 0) is 14.2 Å². The van der Waals surface area contributed by atoms with Crippen molar-refractivity contribution in [3.63, 3.8) is 0 Å². The Morgan fingerprint density at radius 3 is 1.74 bits per heavy atom. The summed E-state index contributed by atoms with van der Waals surface area (Å²) in [5, 5.41) is 36.5. The van der Waals surface area contributed by atoms with Crippen LogP contribution in [0, 0.1) is 10.8 Å². The van der Waals surface area contributed by atoms with Crippen molar-refractivity contribution in [1.82, 2.24) is 0 Å². The Balaban J connectivity index is 4.59. The second-order valence-corrected chi connectivity index (χ2v) is 5.58. The standard InChI is InChI=1S/C14H26O9/c1-3-13(5-15,6-16)8-21-9-14(4-2,7-17)10-22-12(20)23-11(18)19/h15-17H,3-10H2,1-2H3,(H,18,19). The van der Waals surface area contributed by atoms with Crippen LogP contribution >= 0.6 is 0 Å². The molecule has 0 heterocycles. The highest BCUT2D eigenvalue weighted by Crippen LogP contribution is 2.26. The van der Waals surface area contributed by atoms with Gasteiger partial charge < -0.3 is 34.6 Å². The molecule has 0 aromatic heterocycles. The third kappa shape index (κ3) is 7.12. The molecular weight excluding hydrogens is 312 g/mol. The van der Waals surface area contributed by atoms with Gasteiger partial charge in [-0.2, -0.15) is 0 Å². The fourth-order valence-electron chi connectivity index (χ4n) is 1.71. The molecule has 0 aromatic carbocycles. The van der Waals surface area contributed by atoms with Gasteiger partial charge in [-0.05, 0) is 12.8 Å². The van der Waals surface area contributed by atoms with Gasteiger partial charge >= 0.3 is 12.3 Å². The Bertz CT molecular complexity index is 353. The van der Waals surface area contributed by atoms with Gasteiger partial charge in [-0.15, -0.1) is 0 Å². The van der Waals surface area contributed by atoms with E-state index in [2.05, 4.69) is 9.47 Å². The third-order valence-electron chi connectivity index (χ3n) is 3.99. The topological polar surface area (TPSA) is 143 Å². The van der Waals surface area contributed by atoms with Gasteiger partial charge in [0.2, 0.25) is 0 Å². The van der Waals surface area contributed by atoms with Crippen molar-refractivity contribution in [3.8, 4) is 0 Å². The first-order valence-corrected chi connectivity index (χ1v) is 7.30. The number of aliphatic hydroxyl groups excluding tert-OH is 3. The summed E-state index contributed by atoms with van der Waals surface area (Å²) in [5.74, 6) is 0. The molecule has 23 heavy (non-hydrogen) atoms. The fourth-order valence-corrected chi connectivity index (χ4v) is 1.71. The average molecular weight is 338 g/mol. The molecule has 0 aliphatic heterocycles. The van der Waals surface area contributed by atoms with E-state index < -0.39 is 23.1 Å². The molecular formula is C14H26O9. The molecule has 0 radical (unpaired) electrons. The molecule has 9 nitrogen and oxygen atoms in total. The van der Waals surface area contributed by atoms with E-state index in [1.807, 2.05) is 0 Å². The van der Waals surface area contributed by atoms with Crippen LogP contribution in [-0.4, -0.2) is 72.4 Å². The van der Waals surface area contributed by atoms with Crippen LogP contribution in [0.15, 0.2) is 0 Å². The van der Waals surface area contributed by atoms with Gasteiger partial charge in [-0.3, -0.25) is 0 Å². The first-order chi connectivity index (χ1) is 10.8. The number of ether oxygens (including phenoxy) is 3. The molecule has 4 N–H and O–H groups in total. The summed E-state index contributed by atoms with van der Waals surface area (Å²) in [6, 6.07) is 0. The molecule has 0 rings (SSSR count). The number of carbonyl (C=O) groups excluding carboxylic acids is 1. The van der Waals surface area contributed by atoms with Crippen molar-refractivity contribution >= 4 is 12.3 Å². The summed E-state index contributed by atoms with van der Waals surface area (Å²) in [6.45, 7) is 2.47. The van der Waals surface area contributed by atoms with Crippen molar-refractivity contribution < 1.29 is 44.2 Å². The minimum absolute atomic E-state index is 0.00208. The van der Waals surface area contributed by atoms with Gasteiger partial charge in [0.25, 0.3) is 0 Å². The lowest BCUT2D eigenvalue weighted by Crippen LogP contribution is -2.40. The molecule has 0 saturated heterocycles. The maximum absolute atomic E-state index is 11.1. The Kier molecular flexibility index (Phi) is 9.73. The van der Waals surface area contributed by atoms with Crippen LogP contribution in [0.2, 0.25) is 0 Å². The number of hydrogen-bond acceptors (Lipinski definition) is 8. The zero-order valence-corrected chi connectivity index (χ0v) is 13.5. The molecule has 0 spiro atoms. The Morgan fingerprint density at radius 2 is 1.35 bits per heavy atom. The van der Waals surface area contributed by atoms with Crippen molar-refractivity contribution in [1.29, 1.82) is 0 Å². The van der Waals surface area contributed by atoms with Crippen LogP contribution in [0.4, 0.5) is 9.59 Å². The fraction of sp³-hybridized carbons (Fsp3) is 0.857. The van der Waals surface area contributed by atoms with Gasteiger partial charge in [0.1, 0.15) is 6.61 Å². The zero-order chi connectivity index (χ0) is 17.9. The van der Waals surface area contributed by atoms with Crippen LogP contribution in [0.1, 0.15) is 26.7 Å². The summed E-state index contributed by atoms with van der Waals surface area (Å²) in [7, 11) is 0. The highest BCUT2D eigenvalue weighted by atomic mass is 16.8. The highest BCUT2D eigenvalue weighted by Gasteiger charge is 2.33. The number of carbonyl (C=O) groups is 2. The summed E-state index contributed by atoms with van der Waals surface area (Å²) >= 11 is 0. The number of rotatable bonds is 11. The van der Waals surface area contributed by atoms with E-state index >= 15 is 0 Å². The van der Waals surface area contributed by atoms with Gasteiger partial charge in [-0.1, -0.05) is 13.8 Å². The van der Waals surface area contributed by atoms with Gasteiger partial charge in [0.15, 0.2) is 0 Å². The molecule has 9 heteroatoms. The van der Waals surface area contributed by atoms with E-state index in [1.54, 1.807) is 13.8 Å². The predicted octanol–water partition coefficient (Wildman–Crippen LogP) is 0.604. The zero-order valence-electron chi connectivity index (χ0n) is 13.5. The molecule has 0 fully saturated rings. The maximum atomic E-state index is 11.1. The van der Waals surface area contributed by atoms with E-state index in [-0.39, 0.29) is 39.6 Å². The molecule has 0 aromatic rings. The molecule has 1 unspecified atom stereocenters. The molecule has 0 saturated carbocycles. The van der Waals surface area contributed by atoms with E-state index in [4.69, 9.17) is 9.84 Å². The summed E-state index contributed by atoms with van der Waals surface area (Å²) in [5.41, 5.74) is -1.71. The quantitative estimate of drug-likeness (QED) is 0.314. The third-order valence-corrected chi connectivity index (χ3v) is 3.99.